The fourth-order valence-electron chi connectivity index (χ4n) is 2.34. The molecule has 2 atom stereocenters. The van der Waals surface area contributed by atoms with Crippen LogP contribution < -0.4 is 10.6 Å². The number of rotatable bonds is 5. The third-order valence-electron chi connectivity index (χ3n) is 3.52. The Morgan fingerprint density at radius 1 is 1.50 bits per heavy atom. The normalized spacial score (nSPS) is 16.7. The van der Waals surface area contributed by atoms with Gasteiger partial charge >= 0.3 is 0 Å². The summed E-state index contributed by atoms with van der Waals surface area (Å²) in [6.07, 6.45) is 4.55. The molecule has 1 aromatic carbocycles. The van der Waals surface area contributed by atoms with Crippen molar-refractivity contribution in [3.05, 3.63) is 29.3 Å². The van der Waals surface area contributed by atoms with Gasteiger partial charge in [-0.2, -0.15) is 0 Å². The Morgan fingerprint density at radius 2 is 2.30 bits per heavy atom. The van der Waals surface area contributed by atoms with Crippen molar-refractivity contribution < 1.29 is 9.00 Å². The van der Waals surface area contributed by atoms with Gasteiger partial charge in [-0.3, -0.25) is 9.00 Å². The Morgan fingerprint density at radius 3 is 3.05 bits per heavy atom. The number of benzene rings is 1. The molecule has 1 heterocycles. The Labute approximate surface area is 122 Å². The molecule has 2 N–H and O–H groups in total. The Balaban J connectivity index is 1.97. The van der Waals surface area contributed by atoms with Crippen molar-refractivity contribution in [2.45, 2.75) is 32.2 Å². The Bertz CT molecular complexity index is 517. The number of carbonyl (C=O) groups is 1. The van der Waals surface area contributed by atoms with Gasteiger partial charge in [0.15, 0.2) is 0 Å². The largest absolute Gasteiger partial charge is 0.385 e. The number of hydrogen-bond donors (Lipinski definition) is 2. The number of nitrogens with one attached hydrogen (secondary N) is 2. The molecule has 2 rings (SSSR count). The second-order valence-electron chi connectivity index (χ2n) is 5.34. The summed E-state index contributed by atoms with van der Waals surface area (Å²) >= 11 is 0. The van der Waals surface area contributed by atoms with Crippen LogP contribution in [0.2, 0.25) is 0 Å². The highest BCUT2D eigenvalue weighted by atomic mass is 32.2. The molecule has 0 saturated heterocycles. The average molecular weight is 294 g/mol. The molecule has 1 aliphatic heterocycles. The maximum Gasteiger partial charge on any atom is 0.251 e. The van der Waals surface area contributed by atoms with E-state index < -0.39 is 10.8 Å². The van der Waals surface area contributed by atoms with Gasteiger partial charge < -0.3 is 10.6 Å². The number of anilines is 1. The lowest BCUT2D eigenvalue weighted by Gasteiger charge is -2.19. The first-order chi connectivity index (χ1) is 9.56. The lowest BCUT2D eigenvalue weighted by atomic mass is 10.0. The molecule has 1 aromatic rings. The maximum atomic E-state index is 12.2. The first-order valence-corrected chi connectivity index (χ1v) is 8.76. The average Bonchev–Trinajstić information content (AvgIpc) is 2.44. The van der Waals surface area contributed by atoms with E-state index in [1.165, 1.54) is 5.56 Å². The van der Waals surface area contributed by atoms with E-state index in [1.54, 1.807) is 6.26 Å². The lowest BCUT2D eigenvalue weighted by Crippen LogP contribution is -2.33. The van der Waals surface area contributed by atoms with E-state index in [4.69, 9.17) is 0 Å². The van der Waals surface area contributed by atoms with E-state index in [2.05, 4.69) is 10.6 Å². The summed E-state index contributed by atoms with van der Waals surface area (Å²) < 4.78 is 11.1. The van der Waals surface area contributed by atoms with Crippen LogP contribution in [0.1, 0.15) is 35.7 Å². The second kappa shape index (κ2) is 6.88. The van der Waals surface area contributed by atoms with Gasteiger partial charge in [-0.1, -0.05) is 0 Å². The Kier molecular flexibility index (Phi) is 5.17. The van der Waals surface area contributed by atoms with E-state index in [0.717, 1.165) is 31.5 Å². The second-order valence-corrected chi connectivity index (χ2v) is 6.90. The number of amides is 1. The van der Waals surface area contributed by atoms with E-state index in [9.17, 15) is 9.00 Å². The van der Waals surface area contributed by atoms with Crippen LogP contribution in [0.3, 0.4) is 0 Å². The van der Waals surface area contributed by atoms with E-state index in [-0.39, 0.29) is 11.9 Å². The minimum Gasteiger partial charge on any atom is -0.385 e. The summed E-state index contributed by atoms with van der Waals surface area (Å²) in [6.45, 7) is 2.95. The smallest absolute Gasteiger partial charge is 0.251 e. The zero-order chi connectivity index (χ0) is 14.5. The monoisotopic (exact) mass is 294 g/mol. The third-order valence-corrected chi connectivity index (χ3v) is 4.33. The van der Waals surface area contributed by atoms with Gasteiger partial charge in [-0.25, -0.2) is 0 Å². The van der Waals surface area contributed by atoms with Crippen molar-refractivity contribution in [3.8, 4) is 0 Å². The first-order valence-electron chi connectivity index (χ1n) is 7.04. The van der Waals surface area contributed by atoms with Gasteiger partial charge in [0.1, 0.15) is 0 Å². The number of aryl methyl sites for hydroxylation is 1. The molecule has 0 aliphatic carbocycles. The van der Waals surface area contributed by atoms with Crippen molar-refractivity contribution in [2.75, 3.05) is 23.9 Å². The zero-order valence-electron chi connectivity index (χ0n) is 12.1. The minimum absolute atomic E-state index is 0.0422. The van der Waals surface area contributed by atoms with Crippen LogP contribution in [0.5, 0.6) is 0 Å². The summed E-state index contributed by atoms with van der Waals surface area (Å²) in [6, 6.07) is 5.86. The molecule has 0 fully saturated rings. The van der Waals surface area contributed by atoms with Gasteiger partial charge in [0.05, 0.1) is 0 Å². The molecule has 0 spiro atoms. The van der Waals surface area contributed by atoms with Crippen LogP contribution in [0.25, 0.3) is 0 Å². The van der Waals surface area contributed by atoms with Crippen molar-refractivity contribution in [2.24, 2.45) is 0 Å². The van der Waals surface area contributed by atoms with Gasteiger partial charge in [-0.15, -0.1) is 0 Å². The summed E-state index contributed by atoms with van der Waals surface area (Å²) in [5, 5.41) is 6.30. The number of fused-ring (bicyclic) bond motifs is 1. The molecule has 0 radical (unpaired) electrons. The summed E-state index contributed by atoms with van der Waals surface area (Å²) in [5.74, 6) is 0.572. The third kappa shape index (κ3) is 4.07. The van der Waals surface area contributed by atoms with Crippen LogP contribution in [-0.4, -0.2) is 34.7 Å². The molecule has 1 aliphatic rings. The van der Waals surface area contributed by atoms with Crippen molar-refractivity contribution in [1.29, 1.82) is 0 Å². The van der Waals surface area contributed by atoms with Crippen molar-refractivity contribution in [1.82, 2.24) is 5.32 Å². The minimum atomic E-state index is -0.807. The Hall–Kier alpha value is -1.36. The molecule has 2 unspecified atom stereocenters. The van der Waals surface area contributed by atoms with Crippen LogP contribution in [0.4, 0.5) is 5.69 Å². The molecular formula is C15H22N2O2S. The fraction of sp³-hybridized carbons (Fsp3) is 0.533. The fourth-order valence-corrected chi connectivity index (χ4v) is 3.02. The molecule has 0 aromatic heterocycles. The standard InChI is InChI=1S/C15H22N2O2S/c1-11(7-9-20(2)19)17-15(18)13-5-6-14-12(10-13)4-3-8-16-14/h5-6,10-11,16H,3-4,7-9H2,1-2H3,(H,17,18). The number of carbonyl (C=O) groups excluding carboxylic acids is 1. The van der Waals surface area contributed by atoms with Gasteiger partial charge in [0.2, 0.25) is 0 Å². The quantitative estimate of drug-likeness (QED) is 0.872. The SMILES string of the molecule is CC(CCS(C)=O)NC(=O)c1ccc2c(c1)CCCN2. The highest BCUT2D eigenvalue weighted by Gasteiger charge is 2.14. The van der Waals surface area contributed by atoms with Crippen LogP contribution in [0.15, 0.2) is 18.2 Å². The van der Waals surface area contributed by atoms with Crippen LogP contribution >= 0.6 is 0 Å². The predicted molar refractivity (Wildman–Crippen MR) is 83.7 cm³/mol. The van der Waals surface area contributed by atoms with Crippen LogP contribution in [-0.2, 0) is 17.2 Å². The molecule has 1 amide bonds. The van der Waals surface area contributed by atoms with Gasteiger partial charge in [0, 0.05) is 46.6 Å². The summed E-state index contributed by atoms with van der Waals surface area (Å²) in [7, 11) is -0.807. The molecule has 5 heteroatoms. The van der Waals surface area contributed by atoms with Crippen molar-refractivity contribution >= 4 is 22.4 Å². The summed E-state index contributed by atoms with van der Waals surface area (Å²) in [4.78, 5) is 12.2. The highest BCUT2D eigenvalue weighted by molar-refractivity contribution is 7.84. The molecule has 4 nitrogen and oxygen atoms in total. The molecular weight excluding hydrogens is 272 g/mol. The predicted octanol–water partition coefficient (Wildman–Crippen LogP) is 1.93. The molecule has 0 bridgehead atoms. The first kappa shape index (κ1) is 15.0. The lowest BCUT2D eigenvalue weighted by molar-refractivity contribution is 0.0939. The topological polar surface area (TPSA) is 58.2 Å². The van der Waals surface area contributed by atoms with E-state index in [1.807, 2.05) is 25.1 Å². The van der Waals surface area contributed by atoms with E-state index >= 15 is 0 Å². The van der Waals surface area contributed by atoms with Gasteiger partial charge in [0.25, 0.3) is 5.91 Å². The number of hydrogen-bond acceptors (Lipinski definition) is 3. The summed E-state index contributed by atoms with van der Waals surface area (Å²) in [5.41, 5.74) is 3.06. The van der Waals surface area contributed by atoms with Crippen LogP contribution in [0, 0.1) is 0 Å². The molecule has 0 saturated carbocycles. The zero-order valence-corrected chi connectivity index (χ0v) is 12.9. The molecule has 20 heavy (non-hydrogen) atoms. The highest BCUT2D eigenvalue weighted by Crippen LogP contribution is 2.22. The van der Waals surface area contributed by atoms with Crippen molar-refractivity contribution in [3.63, 3.8) is 0 Å². The van der Waals surface area contributed by atoms with E-state index in [0.29, 0.717) is 11.3 Å². The maximum absolute atomic E-state index is 12.2. The van der Waals surface area contributed by atoms with Gasteiger partial charge in [-0.05, 0) is 49.9 Å². The molecule has 110 valence electrons.